The van der Waals surface area contributed by atoms with Gasteiger partial charge in [-0.25, -0.2) is 0 Å². The molecule has 0 fully saturated rings. The predicted octanol–water partition coefficient (Wildman–Crippen LogP) is 1.78. The van der Waals surface area contributed by atoms with Gasteiger partial charge >= 0.3 is 18.3 Å². The zero-order valence-corrected chi connectivity index (χ0v) is 12.0. The number of carboxylic acid groups (broad SMARTS) is 1. The van der Waals surface area contributed by atoms with E-state index in [1.807, 2.05) is 0 Å². The summed E-state index contributed by atoms with van der Waals surface area (Å²) in [6.45, 7) is 0. The van der Waals surface area contributed by atoms with Crippen molar-refractivity contribution in [1.29, 1.82) is 0 Å². The summed E-state index contributed by atoms with van der Waals surface area (Å²) >= 11 is 0. The predicted molar refractivity (Wildman–Crippen MR) is 69.1 cm³/mol. The summed E-state index contributed by atoms with van der Waals surface area (Å²) in [7, 11) is 0. The van der Waals surface area contributed by atoms with Gasteiger partial charge in [-0.1, -0.05) is 0 Å². The Morgan fingerprint density at radius 1 is 1.00 bits per heavy atom. The summed E-state index contributed by atoms with van der Waals surface area (Å²) in [5.74, 6) is -4.40. The van der Waals surface area contributed by atoms with Crippen LogP contribution in [0.15, 0.2) is 18.2 Å². The van der Waals surface area contributed by atoms with Crippen molar-refractivity contribution in [2.24, 2.45) is 5.73 Å². The average Bonchev–Trinajstić information content (AvgIpc) is 2.43. The van der Waals surface area contributed by atoms with E-state index in [0.717, 1.165) is 0 Å². The molecule has 2 amide bonds. The quantitative estimate of drug-likeness (QED) is 0.685. The highest BCUT2D eigenvalue weighted by molar-refractivity contribution is 5.98. The molecule has 4 N–H and O–H groups in total. The lowest BCUT2D eigenvalue weighted by Crippen LogP contribution is -2.45. The van der Waals surface area contributed by atoms with Crippen LogP contribution in [0.4, 0.5) is 26.3 Å². The van der Waals surface area contributed by atoms with Crippen molar-refractivity contribution in [1.82, 2.24) is 5.32 Å². The lowest BCUT2D eigenvalue weighted by atomic mass is 10.0. The number of hydrogen-bond donors (Lipinski definition) is 3. The molecule has 0 unspecified atom stereocenters. The van der Waals surface area contributed by atoms with Crippen LogP contribution in [-0.4, -0.2) is 28.9 Å². The topological polar surface area (TPSA) is 109 Å². The Kier molecular flexibility index (Phi) is 5.66. The molecule has 25 heavy (non-hydrogen) atoms. The molecule has 0 saturated heterocycles. The van der Waals surface area contributed by atoms with Crippen LogP contribution in [0.5, 0.6) is 0 Å². The molecule has 138 valence electrons. The molecule has 0 bridgehead atoms. The number of primary amides is 1. The fraction of sp³-hybridized carbons (Fsp3) is 0.308. The maximum atomic E-state index is 12.7. The van der Waals surface area contributed by atoms with Crippen molar-refractivity contribution in [2.45, 2.75) is 24.8 Å². The van der Waals surface area contributed by atoms with Crippen molar-refractivity contribution >= 4 is 17.8 Å². The first-order valence-corrected chi connectivity index (χ1v) is 6.33. The second-order valence-corrected chi connectivity index (χ2v) is 4.82. The summed E-state index contributed by atoms with van der Waals surface area (Å²) in [6, 6.07) is -1.71. The maximum Gasteiger partial charge on any atom is 0.416 e. The van der Waals surface area contributed by atoms with Crippen molar-refractivity contribution in [3.05, 3.63) is 34.9 Å². The number of amides is 2. The fourth-order valence-corrected chi connectivity index (χ4v) is 1.72. The van der Waals surface area contributed by atoms with E-state index >= 15 is 0 Å². The molecule has 0 aliphatic heterocycles. The highest BCUT2D eigenvalue weighted by Crippen LogP contribution is 2.36. The van der Waals surface area contributed by atoms with Crippen molar-refractivity contribution in [3.63, 3.8) is 0 Å². The molecule has 1 aromatic rings. The number of alkyl halides is 6. The van der Waals surface area contributed by atoms with Gasteiger partial charge in [0.05, 0.1) is 17.5 Å². The smallest absolute Gasteiger partial charge is 0.416 e. The van der Waals surface area contributed by atoms with Gasteiger partial charge in [-0.3, -0.25) is 14.4 Å². The third kappa shape index (κ3) is 5.65. The van der Waals surface area contributed by atoms with E-state index in [1.165, 1.54) is 0 Å². The summed E-state index contributed by atoms with van der Waals surface area (Å²) in [5, 5.41) is 10.3. The molecular formula is C13H10F6N2O4. The molecular weight excluding hydrogens is 362 g/mol. The average molecular weight is 372 g/mol. The fourth-order valence-electron chi connectivity index (χ4n) is 1.72. The molecule has 1 aromatic carbocycles. The number of nitrogens with two attached hydrogens (primary N) is 1. The van der Waals surface area contributed by atoms with E-state index in [4.69, 9.17) is 10.8 Å². The number of nitrogens with one attached hydrogen (secondary N) is 1. The molecule has 0 radical (unpaired) electrons. The van der Waals surface area contributed by atoms with Gasteiger partial charge < -0.3 is 16.2 Å². The number of halogens is 6. The SMILES string of the molecule is NC(=O)[C@@H](CC(=O)O)NC(=O)c1cc(C(F)(F)F)cc(C(F)(F)F)c1. The van der Waals surface area contributed by atoms with Crippen molar-refractivity contribution < 1.29 is 45.8 Å². The Morgan fingerprint density at radius 3 is 1.76 bits per heavy atom. The normalized spacial score (nSPS) is 13.2. The number of hydrogen-bond acceptors (Lipinski definition) is 3. The largest absolute Gasteiger partial charge is 0.481 e. The van der Waals surface area contributed by atoms with Crippen LogP contribution in [-0.2, 0) is 21.9 Å². The van der Waals surface area contributed by atoms with Crippen LogP contribution in [0.2, 0.25) is 0 Å². The number of carbonyl (C=O) groups is 3. The van der Waals surface area contributed by atoms with Crippen molar-refractivity contribution in [2.75, 3.05) is 0 Å². The second-order valence-electron chi connectivity index (χ2n) is 4.82. The molecule has 6 nitrogen and oxygen atoms in total. The van der Waals surface area contributed by atoms with E-state index in [9.17, 15) is 40.7 Å². The number of benzene rings is 1. The Labute approximate surface area is 135 Å². The van der Waals surface area contributed by atoms with Crippen LogP contribution < -0.4 is 11.1 Å². The lowest BCUT2D eigenvalue weighted by Gasteiger charge is -2.16. The number of carboxylic acids is 1. The van der Waals surface area contributed by atoms with Gasteiger partial charge in [0.15, 0.2) is 0 Å². The minimum absolute atomic E-state index is 0.142. The first-order valence-electron chi connectivity index (χ1n) is 6.33. The molecule has 0 aromatic heterocycles. The molecule has 0 aliphatic rings. The number of carbonyl (C=O) groups excluding carboxylic acids is 2. The van der Waals surface area contributed by atoms with Crippen LogP contribution in [0.25, 0.3) is 0 Å². The summed E-state index contributed by atoms with van der Waals surface area (Å²) < 4.78 is 76.3. The van der Waals surface area contributed by atoms with Crippen molar-refractivity contribution in [3.8, 4) is 0 Å². The zero-order valence-electron chi connectivity index (χ0n) is 12.0. The highest BCUT2D eigenvalue weighted by atomic mass is 19.4. The highest BCUT2D eigenvalue weighted by Gasteiger charge is 2.37. The van der Waals surface area contributed by atoms with Gasteiger partial charge in [0.2, 0.25) is 5.91 Å². The van der Waals surface area contributed by atoms with E-state index < -0.39 is 59.3 Å². The van der Waals surface area contributed by atoms with Gasteiger partial charge in [-0.2, -0.15) is 26.3 Å². The zero-order chi connectivity index (χ0) is 19.6. The minimum atomic E-state index is -5.17. The van der Waals surface area contributed by atoms with Gasteiger partial charge in [0.1, 0.15) is 6.04 Å². The summed E-state index contributed by atoms with van der Waals surface area (Å²) in [5.41, 5.74) is 0.306. The lowest BCUT2D eigenvalue weighted by molar-refractivity contribution is -0.143. The Bertz CT molecular complexity index is 666. The molecule has 1 atom stereocenters. The standard InChI is InChI=1S/C13H10F6N2O4/c14-12(15,16)6-1-5(2-7(3-6)13(17,18)19)11(25)21-8(10(20)24)4-9(22)23/h1-3,8H,4H2,(H2,20,24)(H,21,25)(H,22,23)/t8-/m1/s1. The third-order valence-corrected chi connectivity index (χ3v) is 2.88. The first kappa shape index (κ1) is 20.3. The molecule has 0 spiro atoms. The molecule has 0 aliphatic carbocycles. The maximum absolute atomic E-state index is 12.7. The Balaban J connectivity index is 3.28. The van der Waals surface area contributed by atoms with Gasteiger partial charge in [-0.05, 0) is 18.2 Å². The monoisotopic (exact) mass is 372 g/mol. The number of aliphatic carboxylic acids is 1. The number of rotatable bonds is 5. The van der Waals surface area contributed by atoms with E-state index in [2.05, 4.69) is 0 Å². The van der Waals surface area contributed by atoms with Crippen LogP contribution >= 0.6 is 0 Å². The Morgan fingerprint density at radius 2 is 1.44 bits per heavy atom. The molecule has 0 heterocycles. The molecule has 0 saturated carbocycles. The van der Waals surface area contributed by atoms with Crippen LogP contribution in [0.3, 0.4) is 0 Å². The van der Waals surface area contributed by atoms with Crippen LogP contribution in [0.1, 0.15) is 27.9 Å². The van der Waals surface area contributed by atoms with Crippen LogP contribution in [0, 0.1) is 0 Å². The Hall–Kier alpha value is -2.79. The van der Waals surface area contributed by atoms with E-state index in [1.54, 1.807) is 5.32 Å². The first-order chi connectivity index (χ1) is 11.2. The van der Waals surface area contributed by atoms with Gasteiger partial charge in [0.25, 0.3) is 5.91 Å². The van der Waals surface area contributed by atoms with E-state index in [0.29, 0.717) is 0 Å². The third-order valence-electron chi connectivity index (χ3n) is 2.88. The molecule has 1 rings (SSSR count). The van der Waals surface area contributed by atoms with Gasteiger partial charge in [0, 0.05) is 5.56 Å². The van der Waals surface area contributed by atoms with E-state index in [-0.39, 0.29) is 18.2 Å². The minimum Gasteiger partial charge on any atom is -0.481 e. The van der Waals surface area contributed by atoms with Gasteiger partial charge in [-0.15, -0.1) is 0 Å². The second kappa shape index (κ2) is 6.99. The summed E-state index contributed by atoms with van der Waals surface area (Å²) in [4.78, 5) is 33.4. The summed E-state index contributed by atoms with van der Waals surface area (Å²) in [6.07, 6.45) is -11.3. The molecule has 12 heteroatoms.